The molecule has 1 aromatic rings. The zero-order chi connectivity index (χ0) is 12.4. The molecule has 1 amide bonds. The summed E-state index contributed by atoms with van der Waals surface area (Å²) < 4.78 is 1.86. The van der Waals surface area contributed by atoms with E-state index in [4.69, 9.17) is 0 Å². The van der Waals surface area contributed by atoms with E-state index in [-0.39, 0.29) is 5.91 Å². The summed E-state index contributed by atoms with van der Waals surface area (Å²) in [6, 6.07) is 0.622. The van der Waals surface area contributed by atoms with Crippen LogP contribution in [0, 0.1) is 5.92 Å². The van der Waals surface area contributed by atoms with Gasteiger partial charge in [-0.05, 0) is 33.1 Å². The van der Waals surface area contributed by atoms with Crippen molar-refractivity contribution in [2.75, 3.05) is 6.54 Å². The van der Waals surface area contributed by atoms with Crippen LogP contribution in [0.4, 0.5) is 0 Å². The second-order valence-electron chi connectivity index (χ2n) is 5.18. The molecule has 0 N–H and O–H groups in total. The van der Waals surface area contributed by atoms with Crippen LogP contribution < -0.4 is 0 Å². The molecule has 0 aliphatic carbocycles. The first kappa shape index (κ1) is 12.1. The number of nitrogens with zero attached hydrogens (tertiary/aromatic N) is 4. The van der Waals surface area contributed by atoms with Gasteiger partial charge in [0.25, 0.3) is 0 Å². The summed E-state index contributed by atoms with van der Waals surface area (Å²) in [6.45, 7) is 7.15. The molecule has 1 saturated heterocycles. The van der Waals surface area contributed by atoms with E-state index in [1.165, 1.54) is 0 Å². The zero-order valence-corrected chi connectivity index (χ0v) is 10.7. The number of carbonyl (C=O) groups is 1. The molecule has 5 nitrogen and oxygen atoms in total. The number of carbonyl (C=O) groups excluding carboxylic acids is 1. The SMILES string of the molecule is CC(C)N1CC(CC(C)n2ccnn2)CC1=O. The second kappa shape index (κ2) is 4.85. The van der Waals surface area contributed by atoms with Crippen LogP contribution in [0.3, 0.4) is 0 Å². The molecule has 5 heteroatoms. The van der Waals surface area contributed by atoms with Crippen molar-refractivity contribution in [1.29, 1.82) is 0 Å². The van der Waals surface area contributed by atoms with Crippen LogP contribution in [-0.2, 0) is 4.79 Å². The van der Waals surface area contributed by atoms with Crippen LogP contribution in [0.1, 0.15) is 39.7 Å². The Labute approximate surface area is 102 Å². The van der Waals surface area contributed by atoms with Crippen LogP contribution in [0.5, 0.6) is 0 Å². The highest BCUT2D eigenvalue weighted by Crippen LogP contribution is 2.27. The molecule has 2 rings (SSSR count). The van der Waals surface area contributed by atoms with Gasteiger partial charge < -0.3 is 4.90 Å². The number of hydrogen-bond donors (Lipinski definition) is 0. The van der Waals surface area contributed by atoms with Crippen molar-refractivity contribution in [3.8, 4) is 0 Å². The van der Waals surface area contributed by atoms with Crippen molar-refractivity contribution in [2.45, 2.75) is 45.7 Å². The van der Waals surface area contributed by atoms with Gasteiger partial charge in [-0.2, -0.15) is 0 Å². The minimum absolute atomic E-state index is 0.288. The minimum atomic E-state index is 0.288. The predicted octanol–water partition coefficient (Wildman–Crippen LogP) is 1.49. The highest BCUT2D eigenvalue weighted by Gasteiger charge is 2.32. The number of amides is 1. The zero-order valence-electron chi connectivity index (χ0n) is 10.7. The largest absolute Gasteiger partial charge is 0.340 e. The molecule has 0 aromatic carbocycles. The van der Waals surface area contributed by atoms with Crippen molar-refractivity contribution >= 4 is 5.91 Å². The van der Waals surface area contributed by atoms with E-state index < -0.39 is 0 Å². The quantitative estimate of drug-likeness (QED) is 0.795. The molecule has 1 aliphatic rings. The standard InChI is InChI=1S/C12H20N4O/c1-9(2)15-8-11(7-12(15)17)6-10(3)16-5-4-13-14-16/h4-5,9-11H,6-8H2,1-3H3. The van der Waals surface area contributed by atoms with Gasteiger partial charge in [0.05, 0.1) is 12.2 Å². The van der Waals surface area contributed by atoms with Crippen molar-refractivity contribution in [3.63, 3.8) is 0 Å². The molecule has 0 radical (unpaired) electrons. The van der Waals surface area contributed by atoms with Gasteiger partial charge in [0.2, 0.25) is 5.91 Å². The van der Waals surface area contributed by atoms with E-state index >= 15 is 0 Å². The third-order valence-corrected chi connectivity index (χ3v) is 3.43. The summed E-state index contributed by atoms with van der Waals surface area (Å²) >= 11 is 0. The Kier molecular flexibility index (Phi) is 3.45. The molecule has 2 atom stereocenters. The van der Waals surface area contributed by atoms with E-state index in [0.29, 0.717) is 24.4 Å². The molecule has 1 fully saturated rings. The number of likely N-dealkylation sites (tertiary alicyclic amines) is 1. The van der Waals surface area contributed by atoms with Gasteiger partial charge in [-0.1, -0.05) is 5.21 Å². The molecule has 0 saturated carbocycles. The maximum atomic E-state index is 11.8. The smallest absolute Gasteiger partial charge is 0.223 e. The van der Waals surface area contributed by atoms with E-state index in [2.05, 4.69) is 31.1 Å². The van der Waals surface area contributed by atoms with Crippen molar-refractivity contribution < 1.29 is 4.79 Å². The van der Waals surface area contributed by atoms with E-state index in [1.54, 1.807) is 6.20 Å². The number of hydrogen-bond acceptors (Lipinski definition) is 3. The summed E-state index contributed by atoms with van der Waals surface area (Å²) in [5, 5.41) is 7.81. The Morgan fingerprint density at radius 2 is 2.24 bits per heavy atom. The lowest BCUT2D eigenvalue weighted by Crippen LogP contribution is -2.32. The van der Waals surface area contributed by atoms with Crippen LogP contribution in [0.2, 0.25) is 0 Å². The van der Waals surface area contributed by atoms with E-state index in [9.17, 15) is 4.79 Å². The summed E-state index contributed by atoms with van der Waals surface area (Å²) in [4.78, 5) is 13.8. The van der Waals surface area contributed by atoms with Gasteiger partial charge in [0.15, 0.2) is 0 Å². The van der Waals surface area contributed by atoms with Gasteiger partial charge in [-0.3, -0.25) is 4.79 Å². The molecular formula is C12H20N4O. The first-order chi connectivity index (χ1) is 8.08. The van der Waals surface area contributed by atoms with E-state index in [0.717, 1.165) is 13.0 Å². The molecule has 2 heterocycles. The molecule has 2 unspecified atom stereocenters. The highest BCUT2D eigenvalue weighted by molar-refractivity contribution is 5.78. The molecule has 0 bridgehead atoms. The van der Waals surface area contributed by atoms with E-state index in [1.807, 2.05) is 15.8 Å². The Hall–Kier alpha value is -1.39. The van der Waals surface area contributed by atoms with Crippen molar-refractivity contribution in [2.24, 2.45) is 5.92 Å². The first-order valence-electron chi connectivity index (χ1n) is 6.23. The first-order valence-corrected chi connectivity index (χ1v) is 6.23. The molecule has 0 spiro atoms. The second-order valence-corrected chi connectivity index (χ2v) is 5.18. The normalized spacial score (nSPS) is 22.5. The summed E-state index contributed by atoms with van der Waals surface area (Å²) in [5.41, 5.74) is 0. The molecular weight excluding hydrogens is 216 g/mol. The molecule has 1 aromatic heterocycles. The topological polar surface area (TPSA) is 51.0 Å². The van der Waals surface area contributed by atoms with Crippen LogP contribution in [-0.4, -0.2) is 38.4 Å². The molecule has 1 aliphatic heterocycles. The third kappa shape index (κ3) is 2.65. The maximum Gasteiger partial charge on any atom is 0.223 e. The van der Waals surface area contributed by atoms with Crippen LogP contribution in [0.25, 0.3) is 0 Å². The molecule has 17 heavy (non-hydrogen) atoms. The predicted molar refractivity (Wildman–Crippen MR) is 64.3 cm³/mol. The van der Waals surface area contributed by atoms with Crippen LogP contribution >= 0.6 is 0 Å². The third-order valence-electron chi connectivity index (χ3n) is 3.43. The average molecular weight is 236 g/mol. The Morgan fingerprint density at radius 3 is 2.76 bits per heavy atom. The van der Waals surface area contributed by atoms with Gasteiger partial charge in [0.1, 0.15) is 0 Å². The fraction of sp³-hybridized carbons (Fsp3) is 0.750. The fourth-order valence-corrected chi connectivity index (χ4v) is 2.51. The van der Waals surface area contributed by atoms with Crippen molar-refractivity contribution in [3.05, 3.63) is 12.4 Å². The van der Waals surface area contributed by atoms with Gasteiger partial charge in [-0.25, -0.2) is 4.68 Å². The maximum absolute atomic E-state index is 11.8. The summed E-state index contributed by atoms with van der Waals surface area (Å²) in [7, 11) is 0. The Balaban J connectivity index is 1.91. The summed E-state index contributed by atoms with van der Waals surface area (Å²) in [6.07, 6.45) is 5.23. The van der Waals surface area contributed by atoms with Gasteiger partial charge >= 0.3 is 0 Å². The lowest BCUT2D eigenvalue weighted by Gasteiger charge is -2.21. The monoisotopic (exact) mass is 236 g/mol. The minimum Gasteiger partial charge on any atom is -0.340 e. The average Bonchev–Trinajstić information content (AvgIpc) is 2.86. The number of rotatable bonds is 4. The lowest BCUT2D eigenvalue weighted by atomic mass is 10.00. The number of aromatic nitrogens is 3. The molecule has 94 valence electrons. The van der Waals surface area contributed by atoms with Gasteiger partial charge in [-0.15, -0.1) is 5.10 Å². The Bertz CT molecular complexity index is 374. The fourth-order valence-electron chi connectivity index (χ4n) is 2.51. The summed E-state index contributed by atoms with van der Waals surface area (Å²) in [5.74, 6) is 0.736. The highest BCUT2D eigenvalue weighted by atomic mass is 16.2. The van der Waals surface area contributed by atoms with Crippen molar-refractivity contribution in [1.82, 2.24) is 19.9 Å². The Morgan fingerprint density at radius 1 is 1.47 bits per heavy atom. The van der Waals surface area contributed by atoms with Gasteiger partial charge in [0, 0.05) is 25.2 Å². The lowest BCUT2D eigenvalue weighted by molar-refractivity contribution is -0.129. The van der Waals surface area contributed by atoms with Crippen LogP contribution in [0.15, 0.2) is 12.4 Å².